The van der Waals surface area contributed by atoms with E-state index in [0.29, 0.717) is 37.6 Å². The maximum atomic E-state index is 14.8. The Hall–Kier alpha value is -2.84. The zero-order valence-corrected chi connectivity index (χ0v) is 22.0. The fourth-order valence-electron chi connectivity index (χ4n) is 6.43. The number of ether oxygens (including phenoxy) is 2. The Bertz CT molecular complexity index is 1170. The van der Waals surface area contributed by atoms with Crippen molar-refractivity contribution in [3.63, 3.8) is 0 Å². The van der Waals surface area contributed by atoms with Crippen LogP contribution < -0.4 is 19.7 Å². The van der Waals surface area contributed by atoms with E-state index in [1.165, 1.54) is 35.7 Å². The van der Waals surface area contributed by atoms with Crippen molar-refractivity contribution in [2.24, 2.45) is 5.92 Å². The third-order valence-corrected chi connectivity index (χ3v) is 8.58. The molecule has 0 bridgehead atoms. The fourth-order valence-corrected chi connectivity index (χ4v) is 6.43. The van der Waals surface area contributed by atoms with Crippen LogP contribution in [-0.4, -0.2) is 67.9 Å². The molecular weight excluding hydrogens is 485 g/mol. The number of aliphatic hydroxyl groups is 1. The second-order valence-corrected chi connectivity index (χ2v) is 11.2. The van der Waals surface area contributed by atoms with Crippen molar-refractivity contribution in [3.05, 3.63) is 52.8 Å². The van der Waals surface area contributed by atoms with Crippen LogP contribution in [0.25, 0.3) is 0 Å². The Balaban J connectivity index is 1.16. The molecule has 0 radical (unpaired) electrons. The van der Waals surface area contributed by atoms with Gasteiger partial charge in [0.15, 0.2) is 17.3 Å². The van der Waals surface area contributed by atoms with Gasteiger partial charge in [0.2, 0.25) is 5.91 Å². The quantitative estimate of drug-likeness (QED) is 0.578. The summed E-state index contributed by atoms with van der Waals surface area (Å²) in [6.07, 6.45) is 6.72. The summed E-state index contributed by atoms with van der Waals surface area (Å²) in [7, 11) is 0. The monoisotopic (exact) mass is 523 g/mol. The molecule has 0 spiro atoms. The summed E-state index contributed by atoms with van der Waals surface area (Å²) >= 11 is 0. The average molecular weight is 524 g/mol. The average Bonchev–Trinajstić information content (AvgIpc) is 3.65. The number of carbonyl (C=O) groups is 1. The van der Waals surface area contributed by atoms with Crippen LogP contribution in [0.2, 0.25) is 0 Å². The molecule has 0 saturated carbocycles. The Morgan fingerprint density at radius 3 is 2.66 bits per heavy atom. The minimum atomic E-state index is -1.07. The topological polar surface area (TPSA) is 74.3 Å². The first-order chi connectivity index (χ1) is 18.5. The molecule has 3 heterocycles. The summed E-state index contributed by atoms with van der Waals surface area (Å²) in [5, 5.41) is 14.5. The van der Waals surface area contributed by atoms with Crippen molar-refractivity contribution >= 4 is 11.6 Å². The largest absolute Gasteiger partial charge is 0.486 e. The van der Waals surface area contributed by atoms with Gasteiger partial charge in [-0.05, 0) is 99.0 Å². The number of benzene rings is 2. The number of aryl methyl sites for hydroxylation is 2. The number of nitrogens with zero attached hydrogens (tertiary/aromatic N) is 2. The van der Waals surface area contributed by atoms with E-state index >= 15 is 0 Å². The van der Waals surface area contributed by atoms with Gasteiger partial charge in [0, 0.05) is 25.3 Å². The Morgan fingerprint density at radius 1 is 1.03 bits per heavy atom. The minimum Gasteiger partial charge on any atom is -0.486 e. The lowest BCUT2D eigenvalue weighted by molar-refractivity contribution is -0.126. The first kappa shape index (κ1) is 25.4. The summed E-state index contributed by atoms with van der Waals surface area (Å²) < 4.78 is 25.7. The highest BCUT2D eigenvalue weighted by molar-refractivity contribution is 5.80. The van der Waals surface area contributed by atoms with Crippen LogP contribution in [-0.2, 0) is 17.6 Å². The van der Waals surface area contributed by atoms with Crippen LogP contribution >= 0.6 is 0 Å². The minimum absolute atomic E-state index is 0.0493. The Labute approximate surface area is 223 Å². The summed E-state index contributed by atoms with van der Waals surface area (Å²) in [6.45, 7) is 4.52. The molecule has 2 fully saturated rings. The molecule has 3 aliphatic heterocycles. The molecule has 1 unspecified atom stereocenters. The van der Waals surface area contributed by atoms with Crippen LogP contribution in [0, 0.1) is 11.7 Å². The van der Waals surface area contributed by atoms with Gasteiger partial charge >= 0.3 is 0 Å². The zero-order chi connectivity index (χ0) is 26.1. The molecule has 7 nitrogen and oxygen atoms in total. The molecule has 1 aliphatic carbocycles. The first-order valence-electron chi connectivity index (χ1n) is 14.2. The summed E-state index contributed by atoms with van der Waals surface area (Å²) in [5.74, 6) is -0.379. The molecule has 3 atom stereocenters. The number of amides is 1. The van der Waals surface area contributed by atoms with Crippen LogP contribution in [0.4, 0.5) is 10.1 Å². The molecule has 1 amide bonds. The van der Waals surface area contributed by atoms with Gasteiger partial charge in [0.1, 0.15) is 19.3 Å². The van der Waals surface area contributed by atoms with Gasteiger partial charge in [-0.3, -0.25) is 4.79 Å². The molecule has 8 heteroatoms. The van der Waals surface area contributed by atoms with E-state index < -0.39 is 18.0 Å². The van der Waals surface area contributed by atoms with Crippen molar-refractivity contribution in [1.82, 2.24) is 10.2 Å². The maximum absolute atomic E-state index is 14.8. The number of fused-ring (bicyclic) bond motifs is 2. The standard InChI is InChI=1S/C30H38FN3O4/c31-25-16-23(17-27-29(25)38-14-13-37-27)28(35)26(19-33-10-3-4-11-33)32-30(36)22-9-12-34(18-22)24-8-7-20-5-1-2-6-21(20)15-24/h7-8,15-17,22,26,28,35H,1-6,9-14,18-19H2,(H,32,36)/t22?,26-,28-/m1/s1. The molecule has 204 valence electrons. The summed E-state index contributed by atoms with van der Waals surface area (Å²) in [6, 6.07) is 9.14. The normalized spacial score (nSPS) is 22.7. The number of carbonyl (C=O) groups excluding carboxylic acids is 1. The second-order valence-electron chi connectivity index (χ2n) is 11.2. The van der Waals surface area contributed by atoms with Gasteiger partial charge < -0.3 is 29.7 Å². The molecule has 2 aromatic rings. The zero-order valence-electron chi connectivity index (χ0n) is 22.0. The molecule has 38 heavy (non-hydrogen) atoms. The van der Waals surface area contributed by atoms with E-state index in [-0.39, 0.29) is 17.6 Å². The first-order valence-corrected chi connectivity index (χ1v) is 14.2. The predicted octanol–water partition coefficient (Wildman–Crippen LogP) is 3.62. The van der Waals surface area contributed by atoms with Gasteiger partial charge in [-0.25, -0.2) is 4.39 Å². The third-order valence-electron chi connectivity index (χ3n) is 8.58. The highest BCUT2D eigenvalue weighted by atomic mass is 19.1. The lowest BCUT2D eigenvalue weighted by Gasteiger charge is -2.30. The summed E-state index contributed by atoms with van der Waals surface area (Å²) in [4.78, 5) is 18.1. The molecule has 2 aromatic carbocycles. The number of anilines is 1. The van der Waals surface area contributed by atoms with Crippen LogP contribution in [0.3, 0.4) is 0 Å². The van der Waals surface area contributed by atoms with Gasteiger partial charge in [-0.2, -0.15) is 0 Å². The molecule has 4 aliphatic rings. The van der Waals surface area contributed by atoms with E-state index in [0.717, 1.165) is 51.7 Å². The van der Waals surface area contributed by atoms with Crippen molar-refractivity contribution in [1.29, 1.82) is 0 Å². The number of nitrogens with one attached hydrogen (secondary N) is 1. The number of hydrogen-bond acceptors (Lipinski definition) is 6. The van der Waals surface area contributed by atoms with E-state index in [2.05, 4.69) is 33.3 Å². The molecule has 6 rings (SSSR count). The number of rotatable bonds is 7. The van der Waals surface area contributed by atoms with Crippen LogP contribution in [0.1, 0.15) is 54.9 Å². The maximum Gasteiger partial charge on any atom is 0.225 e. The highest BCUT2D eigenvalue weighted by Crippen LogP contribution is 2.37. The van der Waals surface area contributed by atoms with Crippen molar-refractivity contribution < 1.29 is 23.8 Å². The SMILES string of the molecule is O=C(N[C@H](CN1CCCC1)[C@H](O)c1cc(F)c2c(c1)OCCO2)C1CCN(c2ccc3c(c2)CCCC3)C1. The second kappa shape index (κ2) is 11.1. The number of halogens is 1. The van der Waals surface area contributed by atoms with Crippen molar-refractivity contribution in [2.45, 2.75) is 57.1 Å². The Kier molecular flexibility index (Phi) is 7.43. The van der Waals surface area contributed by atoms with E-state index in [4.69, 9.17) is 9.47 Å². The predicted molar refractivity (Wildman–Crippen MR) is 143 cm³/mol. The number of hydrogen-bond donors (Lipinski definition) is 2. The van der Waals surface area contributed by atoms with Gasteiger partial charge in [0.05, 0.1) is 12.0 Å². The Morgan fingerprint density at radius 2 is 1.82 bits per heavy atom. The van der Waals surface area contributed by atoms with E-state index in [9.17, 15) is 14.3 Å². The van der Waals surface area contributed by atoms with Gasteiger partial charge in [0.25, 0.3) is 0 Å². The van der Waals surface area contributed by atoms with E-state index in [1.807, 2.05) is 0 Å². The highest BCUT2D eigenvalue weighted by Gasteiger charge is 2.34. The fraction of sp³-hybridized carbons (Fsp3) is 0.567. The lowest BCUT2D eigenvalue weighted by Crippen LogP contribution is -2.48. The lowest BCUT2D eigenvalue weighted by atomic mass is 9.91. The van der Waals surface area contributed by atoms with E-state index in [1.54, 1.807) is 6.07 Å². The number of aliphatic hydroxyl groups excluding tert-OH is 1. The molecular formula is C30H38FN3O4. The molecule has 2 saturated heterocycles. The molecule has 0 aromatic heterocycles. The summed E-state index contributed by atoms with van der Waals surface area (Å²) in [5.41, 5.74) is 4.49. The third kappa shape index (κ3) is 5.34. The van der Waals surface area contributed by atoms with Gasteiger partial charge in [-0.1, -0.05) is 6.07 Å². The van der Waals surface area contributed by atoms with Crippen LogP contribution in [0.5, 0.6) is 11.5 Å². The van der Waals surface area contributed by atoms with Crippen LogP contribution in [0.15, 0.2) is 30.3 Å². The van der Waals surface area contributed by atoms with Gasteiger partial charge in [-0.15, -0.1) is 0 Å². The number of likely N-dealkylation sites (tertiary alicyclic amines) is 1. The smallest absolute Gasteiger partial charge is 0.225 e. The molecule has 2 N–H and O–H groups in total. The van der Waals surface area contributed by atoms with Crippen molar-refractivity contribution in [3.8, 4) is 11.5 Å². The van der Waals surface area contributed by atoms with Crippen molar-refractivity contribution in [2.75, 3.05) is 50.8 Å².